The first-order valence-corrected chi connectivity index (χ1v) is 8.86. The third kappa shape index (κ3) is 3.56. The summed E-state index contributed by atoms with van der Waals surface area (Å²) in [6.07, 6.45) is 0.346. The average molecular weight is 356 g/mol. The number of para-hydroxylation sites is 1. The van der Waals surface area contributed by atoms with E-state index in [1.807, 2.05) is 44.2 Å². The van der Waals surface area contributed by atoms with Crippen LogP contribution in [0.4, 0.5) is 5.82 Å². The molecule has 1 N–H and O–H groups in total. The standard InChI is InChI=1S/C19H24N4O3/c1-4-26-16-8-6-5-7-15(16)12-20-19(25)14(3)23-17-11-13(2)21-22(17)10-9-18(23)24/h5-8,11,14H,4,9-10,12H2,1-3H3,(H,20,25). The molecule has 2 aromatic rings. The van der Waals surface area contributed by atoms with E-state index in [2.05, 4.69) is 10.4 Å². The van der Waals surface area contributed by atoms with Gasteiger partial charge in [-0.25, -0.2) is 4.68 Å². The molecule has 0 fully saturated rings. The fraction of sp³-hybridized carbons (Fsp3) is 0.421. The predicted octanol–water partition coefficient (Wildman–Crippen LogP) is 2.03. The van der Waals surface area contributed by atoms with Gasteiger partial charge in [-0.3, -0.25) is 14.5 Å². The van der Waals surface area contributed by atoms with Gasteiger partial charge in [-0.15, -0.1) is 0 Å². The lowest BCUT2D eigenvalue weighted by molar-refractivity contribution is -0.126. The quantitative estimate of drug-likeness (QED) is 0.859. The number of rotatable bonds is 6. The van der Waals surface area contributed by atoms with E-state index >= 15 is 0 Å². The lowest BCUT2D eigenvalue weighted by Crippen LogP contribution is -2.50. The minimum Gasteiger partial charge on any atom is -0.494 e. The number of aryl methyl sites for hydroxylation is 2. The fourth-order valence-corrected chi connectivity index (χ4v) is 3.15. The van der Waals surface area contributed by atoms with E-state index in [1.165, 1.54) is 4.90 Å². The zero-order valence-corrected chi connectivity index (χ0v) is 15.4. The van der Waals surface area contributed by atoms with Gasteiger partial charge < -0.3 is 10.1 Å². The number of benzene rings is 1. The molecule has 1 aliphatic heterocycles. The van der Waals surface area contributed by atoms with Crippen molar-refractivity contribution in [2.24, 2.45) is 0 Å². The summed E-state index contributed by atoms with van der Waals surface area (Å²) in [6, 6.07) is 8.82. The van der Waals surface area contributed by atoms with Crippen molar-refractivity contribution in [3.8, 4) is 5.75 Å². The molecule has 0 spiro atoms. The normalized spacial score (nSPS) is 14.7. The van der Waals surface area contributed by atoms with Gasteiger partial charge >= 0.3 is 0 Å². The Labute approximate surface area is 152 Å². The second-order valence-corrected chi connectivity index (χ2v) is 6.32. The Morgan fingerprint density at radius 1 is 1.38 bits per heavy atom. The zero-order chi connectivity index (χ0) is 18.7. The Morgan fingerprint density at radius 2 is 2.15 bits per heavy atom. The molecule has 138 valence electrons. The molecule has 3 rings (SSSR count). The molecule has 7 nitrogen and oxygen atoms in total. The maximum Gasteiger partial charge on any atom is 0.243 e. The van der Waals surface area contributed by atoms with Crippen LogP contribution >= 0.6 is 0 Å². The lowest BCUT2D eigenvalue weighted by Gasteiger charge is -2.31. The summed E-state index contributed by atoms with van der Waals surface area (Å²) >= 11 is 0. The van der Waals surface area contributed by atoms with Gasteiger partial charge in [0.1, 0.15) is 17.6 Å². The van der Waals surface area contributed by atoms with E-state index in [-0.39, 0.29) is 11.8 Å². The molecule has 7 heteroatoms. The van der Waals surface area contributed by atoms with E-state index in [0.29, 0.717) is 31.9 Å². The second-order valence-electron chi connectivity index (χ2n) is 6.32. The molecule has 1 aliphatic rings. The minimum absolute atomic E-state index is 0.0604. The number of hydrogen-bond donors (Lipinski definition) is 1. The summed E-state index contributed by atoms with van der Waals surface area (Å²) in [5.41, 5.74) is 1.73. The predicted molar refractivity (Wildman–Crippen MR) is 98.0 cm³/mol. The van der Waals surface area contributed by atoms with Crippen LogP contribution in [0.25, 0.3) is 0 Å². The highest BCUT2D eigenvalue weighted by atomic mass is 16.5. The van der Waals surface area contributed by atoms with Gasteiger partial charge in [-0.05, 0) is 26.8 Å². The number of hydrogen-bond acceptors (Lipinski definition) is 4. The van der Waals surface area contributed by atoms with Crippen molar-refractivity contribution in [1.29, 1.82) is 0 Å². The Morgan fingerprint density at radius 3 is 2.92 bits per heavy atom. The van der Waals surface area contributed by atoms with Crippen LogP contribution in [-0.2, 0) is 22.7 Å². The summed E-state index contributed by atoms with van der Waals surface area (Å²) in [4.78, 5) is 26.6. The van der Waals surface area contributed by atoms with Crippen LogP contribution in [0.5, 0.6) is 5.75 Å². The molecule has 2 heterocycles. The number of amides is 2. The molecule has 1 aromatic carbocycles. The smallest absolute Gasteiger partial charge is 0.243 e. The highest BCUT2D eigenvalue weighted by Crippen LogP contribution is 2.25. The van der Waals surface area contributed by atoms with Crippen molar-refractivity contribution in [2.75, 3.05) is 11.5 Å². The molecule has 0 saturated carbocycles. The van der Waals surface area contributed by atoms with Crippen LogP contribution in [0.1, 0.15) is 31.5 Å². The van der Waals surface area contributed by atoms with Crippen molar-refractivity contribution < 1.29 is 14.3 Å². The third-order valence-electron chi connectivity index (χ3n) is 4.43. The third-order valence-corrected chi connectivity index (χ3v) is 4.43. The van der Waals surface area contributed by atoms with Crippen LogP contribution in [0, 0.1) is 6.92 Å². The average Bonchev–Trinajstić information content (AvgIpc) is 3.00. The fourth-order valence-electron chi connectivity index (χ4n) is 3.15. The molecule has 0 radical (unpaired) electrons. The largest absolute Gasteiger partial charge is 0.494 e. The number of aromatic nitrogens is 2. The first-order valence-electron chi connectivity index (χ1n) is 8.86. The SMILES string of the molecule is CCOc1ccccc1CNC(=O)C(C)N1C(=O)CCn2nc(C)cc21. The highest BCUT2D eigenvalue weighted by molar-refractivity contribution is 6.00. The second kappa shape index (κ2) is 7.59. The molecule has 26 heavy (non-hydrogen) atoms. The number of anilines is 1. The Kier molecular flexibility index (Phi) is 5.25. The van der Waals surface area contributed by atoms with Crippen LogP contribution in [0.15, 0.2) is 30.3 Å². The van der Waals surface area contributed by atoms with E-state index in [4.69, 9.17) is 4.74 Å². The van der Waals surface area contributed by atoms with Gasteiger partial charge in [-0.1, -0.05) is 18.2 Å². The van der Waals surface area contributed by atoms with Crippen molar-refractivity contribution in [3.63, 3.8) is 0 Å². The number of fused-ring (bicyclic) bond motifs is 1. The van der Waals surface area contributed by atoms with Gasteiger partial charge in [-0.2, -0.15) is 5.10 Å². The minimum atomic E-state index is -0.614. The molecule has 1 atom stereocenters. The summed E-state index contributed by atoms with van der Waals surface area (Å²) < 4.78 is 7.37. The molecule has 1 aromatic heterocycles. The molecule has 2 amide bonds. The van der Waals surface area contributed by atoms with Crippen molar-refractivity contribution in [3.05, 3.63) is 41.6 Å². The van der Waals surface area contributed by atoms with Gasteiger partial charge in [0, 0.05) is 24.6 Å². The molecular weight excluding hydrogens is 332 g/mol. The Hall–Kier alpha value is -2.83. The highest BCUT2D eigenvalue weighted by Gasteiger charge is 2.33. The van der Waals surface area contributed by atoms with Crippen LogP contribution in [-0.4, -0.2) is 34.2 Å². The van der Waals surface area contributed by atoms with Crippen molar-refractivity contribution in [1.82, 2.24) is 15.1 Å². The Bertz CT molecular complexity index is 815. The summed E-state index contributed by atoms with van der Waals surface area (Å²) in [7, 11) is 0. The first kappa shape index (κ1) is 18.0. The van der Waals surface area contributed by atoms with Crippen LogP contribution in [0.3, 0.4) is 0 Å². The summed E-state index contributed by atoms with van der Waals surface area (Å²) in [6.45, 7) is 6.99. The summed E-state index contributed by atoms with van der Waals surface area (Å²) in [5, 5.41) is 7.29. The van der Waals surface area contributed by atoms with Gasteiger partial charge in [0.25, 0.3) is 0 Å². The molecule has 0 aliphatic carbocycles. The van der Waals surface area contributed by atoms with Crippen LogP contribution in [0.2, 0.25) is 0 Å². The number of nitrogens with zero attached hydrogens (tertiary/aromatic N) is 3. The molecule has 1 unspecified atom stereocenters. The van der Waals surface area contributed by atoms with Gasteiger partial charge in [0.15, 0.2) is 0 Å². The number of carbonyl (C=O) groups excluding carboxylic acids is 2. The Balaban J connectivity index is 1.71. The van der Waals surface area contributed by atoms with Crippen LogP contribution < -0.4 is 15.0 Å². The maximum absolute atomic E-state index is 12.7. The summed E-state index contributed by atoms with van der Waals surface area (Å²) in [5.74, 6) is 1.16. The first-order chi connectivity index (χ1) is 12.5. The maximum atomic E-state index is 12.7. The van der Waals surface area contributed by atoms with Crippen molar-refractivity contribution >= 4 is 17.6 Å². The molecule has 0 saturated heterocycles. The number of nitrogens with one attached hydrogen (secondary N) is 1. The zero-order valence-electron chi connectivity index (χ0n) is 15.4. The monoisotopic (exact) mass is 356 g/mol. The van der Waals surface area contributed by atoms with E-state index in [9.17, 15) is 9.59 Å². The van der Waals surface area contributed by atoms with Crippen molar-refractivity contribution in [2.45, 2.75) is 46.3 Å². The van der Waals surface area contributed by atoms with E-state index in [1.54, 1.807) is 11.6 Å². The topological polar surface area (TPSA) is 76.5 Å². The molecule has 0 bridgehead atoms. The molecular formula is C19H24N4O3. The number of ether oxygens (including phenoxy) is 1. The van der Waals surface area contributed by atoms with Gasteiger partial charge in [0.2, 0.25) is 11.8 Å². The van der Waals surface area contributed by atoms with E-state index < -0.39 is 6.04 Å². The van der Waals surface area contributed by atoms with E-state index in [0.717, 1.165) is 17.0 Å². The lowest BCUT2D eigenvalue weighted by atomic mass is 10.1. The van der Waals surface area contributed by atoms with Gasteiger partial charge in [0.05, 0.1) is 18.8 Å². The number of carbonyl (C=O) groups is 2.